The third-order valence-electron chi connectivity index (χ3n) is 9.09. The van der Waals surface area contributed by atoms with Gasteiger partial charge >= 0.3 is 0 Å². The molecule has 0 amide bonds. The summed E-state index contributed by atoms with van der Waals surface area (Å²) in [5.41, 5.74) is 10.7. The first kappa shape index (κ1) is 30.2. The van der Waals surface area contributed by atoms with Crippen molar-refractivity contribution in [2.75, 3.05) is 24.7 Å². The molecule has 6 rings (SSSR count). The van der Waals surface area contributed by atoms with E-state index in [-0.39, 0.29) is 10.8 Å². The molecule has 1 aliphatic carbocycles. The minimum absolute atomic E-state index is 0.0490. The third-order valence-corrected chi connectivity index (χ3v) is 12.3. The Balaban J connectivity index is 1.41. The van der Waals surface area contributed by atoms with Crippen molar-refractivity contribution < 1.29 is 4.58 Å². The van der Waals surface area contributed by atoms with Gasteiger partial charge in [0.25, 0.3) is 0 Å². The molecule has 43 heavy (non-hydrogen) atoms. The summed E-state index contributed by atoms with van der Waals surface area (Å²) in [4.78, 5) is 3.69. The Kier molecular flexibility index (Phi) is 8.35. The molecule has 0 N–H and O–H groups in total. The Morgan fingerprint density at radius 3 is 2.37 bits per heavy atom. The van der Waals surface area contributed by atoms with Gasteiger partial charge in [0.15, 0.2) is 14.4 Å². The van der Waals surface area contributed by atoms with Crippen molar-refractivity contribution in [3.8, 4) is 0 Å². The highest BCUT2D eigenvalue weighted by Crippen LogP contribution is 2.48. The van der Waals surface area contributed by atoms with Crippen LogP contribution in [0.25, 0.3) is 0 Å². The van der Waals surface area contributed by atoms with Crippen LogP contribution in [0.3, 0.4) is 0 Å². The molecule has 0 bridgehead atoms. The largest absolute Gasteiger partial charge is 0.347 e. The highest BCUT2D eigenvalue weighted by molar-refractivity contribution is 8.05. The maximum absolute atomic E-state index is 4.59. The average Bonchev–Trinajstić information content (AvgIpc) is 3.58. The van der Waals surface area contributed by atoms with E-state index in [1.54, 1.807) is 34.9 Å². The highest BCUT2D eigenvalue weighted by Gasteiger charge is 2.42. The number of fused-ring (bicyclic) bond motifs is 2. The van der Waals surface area contributed by atoms with Crippen LogP contribution >= 0.6 is 34.9 Å². The van der Waals surface area contributed by atoms with Crippen LogP contribution < -0.4 is 4.90 Å². The van der Waals surface area contributed by atoms with Gasteiger partial charge in [-0.15, -0.1) is 10.2 Å². The molecular formula is C36H41N4S3+. The van der Waals surface area contributed by atoms with Crippen molar-refractivity contribution >= 4 is 51.9 Å². The standard InChI is InChI=1S/C36H41N4S3/c1-8-41-33-37-38-34(43-33)42-32-24(20-22-30-35(2,3)26-16-9-11-18-28(26)39(30)6)14-13-15-25(32)21-23-31-36(4,5)27-17-10-12-19-29(27)40(31)7/h9-12,16-23H,8,13-15H2,1-7H3/q+1. The molecule has 4 nitrogen and oxygen atoms in total. The van der Waals surface area contributed by atoms with Gasteiger partial charge in [-0.05, 0) is 67.7 Å². The predicted molar refractivity (Wildman–Crippen MR) is 187 cm³/mol. The predicted octanol–water partition coefficient (Wildman–Crippen LogP) is 9.68. The van der Waals surface area contributed by atoms with Gasteiger partial charge in [-0.1, -0.05) is 104 Å². The molecule has 3 aliphatic rings. The Bertz CT molecular complexity index is 1720. The van der Waals surface area contributed by atoms with E-state index in [4.69, 9.17) is 0 Å². The van der Waals surface area contributed by atoms with Crippen LogP contribution in [0.15, 0.2) is 103 Å². The quantitative estimate of drug-likeness (QED) is 0.193. The van der Waals surface area contributed by atoms with Crippen LogP contribution in [-0.4, -0.2) is 40.3 Å². The lowest BCUT2D eigenvalue weighted by molar-refractivity contribution is -0.401. The minimum atomic E-state index is -0.0490. The third kappa shape index (κ3) is 5.49. The number of nitrogens with zero attached hydrogens (tertiary/aromatic N) is 4. The highest BCUT2D eigenvalue weighted by atomic mass is 32.2. The van der Waals surface area contributed by atoms with Crippen LogP contribution in [-0.2, 0) is 10.8 Å². The molecule has 0 spiro atoms. The molecule has 0 saturated heterocycles. The summed E-state index contributed by atoms with van der Waals surface area (Å²) in [5, 5.41) is 9.05. The molecule has 0 saturated carbocycles. The summed E-state index contributed by atoms with van der Waals surface area (Å²) in [6, 6.07) is 17.6. The number of allylic oxidation sites excluding steroid dienone is 7. The summed E-state index contributed by atoms with van der Waals surface area (Å²) in [6.07, 6.45) is 12.7. The molecule has 2 aromatic carbocycles. The molecule has 0 fully saturated rings. The van der Waals surface area contributed by atoms with E-state index >= 15 is 0 Å². The van der Waals surface area contributed by atoms with E-state index in [0.29, 0.717) is 0 Å². The fraction of sp³-hybridized carbons (Fsp3) is 0.361. The molecule has 0 unspecified atom stereocenters. The molecule has 7 heteroatoms. The maximum atomic E-state index is 4.59. The second-order valence-corrected chi connectivity index (χ2v) is 16.2. The first-order valence-electron chi connectivity index (χ1n) is 15.1. The Morgan fingerprint density at radius 1 is 0.907 bits per heavy atom. The molecular weight excluding hydrogens is 585 g/mol. The molecule has 1 aromatic heterocycles. The van der Waals surface area contributed by atoms with Crippen LogP contribution in [0.1, 0.15) is 65.0 Å². The Labute approximate surface area is 269 Å². The fourth-order valence-electron chi connectivity index (χ4n) is 6.82. The van der Waals surface area contributed by atoms with Crippen LogP contribution in [0.2, 0.25) is 0 Å². The van der Waals surface area contributed by atoms with Crippen molar-refractivity contribution in [1.29, 1.82) is 0 Å². The molecule has 0 radical (unpaired) electrons. The monoisotopic (exact) mass is 625 g/mol. The van der Waals surface area contributed by atoms with E-state index in [1.165, 1.54) is 50.0 Å². The average molecular weight is 626 g/mol. The van der Waals surface area contributed by atoms with E-state index in [0.717, 1.165) is 33.7 Å². The number of aromatic nitrogens is 2. The summed E-state index contributed by atoms with van der Waals surface area (Å²) >= 11 is 5.27. The lowest BCUT2D eigenvalue weighted by atomic mass is 9.81. The zero-order valence-electron chi connectivity index (χ0n) is 26.3. The summed E-state index contributed by atoms with van der Waals surface area (Å²) in [5.74, 6) is 1.00. The molecule has 2 aliphatic heterocycles. The Morgan fingerprint density at radius 2 is 1.63 bits per heavy atom. The van der Waals surface area contributed by atoms with Crippen LogP contribution in [0.4, 0.5) is 11.4 Å². The number of hydrogen-bond acceptors (Lipinski definition) is 6. The molecule has 3 heterocycles. The first-order chi connectivity index (χ1) is 20.6. The number of anilines is 1. The first-order valence-corrected chi connectivity index (χ1v) is 17.8. The van der Waals surface area contributed by atoms with Gasteiger partial charge in [0.2, 0.25) is 5.69 Å². The summed E-state index contributed by atoms with van der Waals surface area (Å²) in [7, 11) is 4.39. The van der Waals surface area contributed by atoms with Gasteiger partial charge in [0.1, 0.15) is 7.05 Å². The summed E-state index contributed by atoms with van der Waals surface area (Å²) < 4.78 is 4.42. The molecule has 222 valence electrons. The van der Waals surface area contributed by atoms with Gasteiger partial charge in [-0.25, -0.2) is 0 Å². The van der Waals surface area contributed by atoms with Crippen molar-refractivity contribution in [3.63, 3.8) is 0 Å². The van der Waals surface area contributed by atoms with E-state index in [9.17, 15) is 0 Å². The second kappa shape index (κ2) is 11.9. The minimum Gasteiger partial charge on any atom is -0.347 e. The number of para-hydroxylation sites is 2. The van der Waals surface area contributed by atoms with E-state index in [1.807, 2.05) is 0 Å². The van der Waals surface area contributed by atoms with E-state index < -0.39 is 0 Å². The number of benzene rings is 2. The van der Waals surface area contributed by atoms with E-state index in [2.05, 4.69) is 141 Å². The van der Waals surface area contributed by atoms with Gasteiger partial charge in [0, 0.05) is 46.5 Å². The van der Waals surface area contributed by atoms with Crippen LogP contribution in [0.5, 0.6) is 0 Å². The van der Waals surface area contributed by atoms with Crippen molar-refractivity contribution in [2.45, 2.75) is 73.4 Å². The molecule has 0 atom stereocenters. The topological polar surface area (TPSA) is 32.0 Å². The Hall–Kier alpha value is -2.87. The number of rotatable bonds is 7. The van der Waals surface area contributed by atoms with Crippen molar-refractivity contribution in [3.05, 3.63) is 106 Å². The van der Waals surface area contributed by atoms with Crippen molar-refractivity contribution in [2.24, 2.45) is 0 Å². The number of hydrogen-bond donors (Lipinski definition) is 0. The van der Waals surface area contributed by atoms with Crippen molar-refractivity contribution in [1.82, 2.24) is 10.2 Å². The fourth-order valence-corrected chi connectivity index (χ4v) is 9.98. The van der Waals surface area contributed by atoms with Gasteiger partial charge in [0.05, 0.1) is 5.41 Å². The normalized spacial score (nSPS) is 21.0. The summed E-state index contributed by atoms with van der Waals surface area (Å²) in [6.45, 7) is 11.5. The SMILES string of the molecule is CCSc1nnc(SC2=C(/C=C/C3=[N+](C)c4ccccc4C3(C)C)CCC/C2=C\C=C2\N(C)c3ccccc3C2(C)C)s1. The lowest BCUT2D eigenvalue weighted by Crippen LogP contribution is -2.26. The molecule has 3 aromatic rings. The van der Waals surface area contributed by atoms with Gasteiger partial charge in [-0.2, -0.15) is 4.58 Å². The number of thioether (sulfide) groups is 2. The zero-order chi connectivity index (χ0) is 30.4. The van der Waals surface area contributed by atoms with Crippen LogP contribution in [0, 0.1) is 0 Å². The van der Waals surface area contributed by atoms with Gasteiger partial charge in [-0.3, -0.25) is 0 Å². The van der Waals surface area contributed by atoms with Gasteiger partial charge < -0.3 is 4.90 Å². The smallest absolute Gasteiger partial charge is 0.209 e. The lowest BCUT2D eigenvalue weighted by Gasteiger charge is -2.25. The zero-order valence-corrected chi connectivity index (χ0v) is 28.7. The maximum Gasteiger partial charge on any atom is 0.209 e. The number of likely N-dealkylation sites (N-methyl/N-ethyl adjacent to an activating group) is 1. The second-order valence-electron chi connectivity index (χ2n) is 12.4.